The molecule has 0 N–H and O–H groups in total. The van der Waals surface area contributed by atoms with E-state index >= 15 is 0 Å². The van der Waals surface area contributed by atoms with Crippen molar-refractivity contribution in [3.63, 3.8) is 0 Å². The van der Waals surface area contributed by atoms with Crippen molar-refractivity contribution in [3.05, 3.63) is 23.0 Å². The number of aromatic nitrogens is 3. The van der Waals surface area contributed by atoms with Crippen LogP contribution in [0.2, 0.25) is 0 Å². The summed E-state index contributed by atoms with van der Waals surface area (Å²) in [6, 6.07) is 2.21. The summed E-state index contributed by atoms with van der Waals surface area (Å²) in [7, 11) is 0. The average Bonchev–Trinajstić information content (AvgIpc) is 3.23. The van der Waals surface area contributed by atoms with Gasteiger partial charge in [-0.3, -0.25) is 4.79 Å². The minimum atomic E-state index is 0.350. The molecule has 6 nitrogen and oxygen atoms in total. The molecule has 146 valence electrons. The van der Waals surface area contributed by atoms with Crippen molar-refractivity contribution in [2.75, 3.05) is 31.1 Å². The fourth-order valence-electron chi connectivity index (χ4n) is 4.40. The highest BCUT2D eigenvalue weighted by Crippen LogP contribution is 2.28. The van der Waals surface area contributed by atoms with Crippen LogP contribution in [0.1, 0.15) is 56.0 Å². The highest BCUT2D eigenvalue weighted by atomic mass is 16.2. The van der Waals surface area contributed by atoms with E-state index in [0.29, 0.717) is 5.91 Å². The van der Waals surface area contributed by atoms with Gasteiger partial charge in [-0.25, -0.2) is 4.98 Å². The Bertz CT molecular complexity index is 835. The molecule has 0 atom stereocenters. The molecule has 4 heterocycles. The number of carbonyl (C=O) groups excluding carboxylic acids is 1. The maximum absolute atomic E-state index is 11.8. The molecule has 1 amide bonds. The Morgan fingerprint density at radius 1 is 1.19 bits per heavy atom. The van der Waals surface area contributed by atoms with E-state index in [0.717, 1.165) is 74.8 Å². The number of nitrogens with zero attached hydrogens (tertiary/aromatic N) is 5. The molecular formula is C21H31N5O. The van der Waals surface area contributed by atoms with Crippen LogP contribution in [0.25, 0.3) is 5.65 Å². The number of anilines is 1. The summed E-state index contributed by atoms with van der Waals surface area (Å²) >= 11 is 0. The molecule has 2 aromatic heterocycles. The Morgan fingerprint density at radius 3 is 2.63 bits per heavy atom. The standard InChI is InChI=1S/C21H31N5O/c1-4-18-14-19(26-21(22-18)15(2)16(3)23-26)24-11-7-17(8-12-24)9-13-25-10-5-6-20(25)27/h14,17H,4-13H2,1-3H3. The van der Waals surface area contributed by atoms with Gasteiger partial charge in [0, 0.05) is 49.9 Å². The van der Waals surface area contributed by atoms with E-state index in [9.17, 15) is 4.79 Å². The molecule has 0 radical (unpaired) electrons. The Morgan fingerprint density at radius 2 is 1.96 bits per heavy atom. The first kappa shape index (κ1) is 18.3. The maximum Gasteiger partial charge on any atom is 0.222 e. The molecule has 0 bridgehead atoms. The smallest absolute Gasteiger partial charge is 0.222 e. The van der Waals surface area contributed by atoms with Gasteiger partial charge in [-0.05, 0) is 51.9 Å². The van der Waals surface area contributed by atoms with Gasteiger partial charge in [0.05, 0.1) is 5.69 Å². The fourth-order valence-corrected chi connectivity index (χ4v) is 4.40. The first-order valence-corrected chi connectivity index (χ1v) is 10.5. The van der Waals surface area contributed by atoms with E-state index in [1.165, 1.54) is 24.2 Å². The van der Waals surface area contributed by atoms with Crippen molar-refractivity contribution in [2.24, 2.45) is 5.92 Å². The Kier molecular flexibility index (Phi) is 5.06. The van der Waals surface area contributed by atoms with Crippen molar-refractivity contribution in [3.8, 4) is 0 Å². The summed E-state index contributed by atoms with van der Waals surface area (Å²) in [6.07, 6.45) is 6.24. The first-order valence-electron chi connectivity index (χ1n) is 10.5. The van der Waals surface area contributed by atoms with Gasteiger partial charge in [0.15, 0.2) is 5.65 Å². The number of aryl methyl sites for hydroxylation is 3. The molecule has 6 heteroatoms. The van der Waals surface area contributed by atoms with Crippen LogP contribution < -0.4 is 4.90 Å². The molecule has 0 spiro atoms. The second-order valence-corrected chi connectivity index (χ2v) is 8.11. The summed E-state index contributed by atoms with van der Waals surface area (Å²) in [6.45, 7) is 10.3. The zero-order chi connectivity index (χ0) is 19.0. The molecule has 0 aliphatic carbocycles. The number of rotatable bonds is 5. The summed E-state index contributed by atoms with van der Waals surface area (Å²) in [5, 5.41) is 4.75. The Labute approximate surface area is 161 Å². The second kappa shape index (κ2) is 7.49. The minimum Gasteiger partial charge on any atom is -0.356 e. The normalized spacial score (nSPS) is 18.9. The molecule has 2 saturated heterocycles. The molecule has 27 heavy (non-hydrogen) atoms. The second-order valence-electron chi connectivity index (χ2n) is 8.11. The highest BCUT2D eigenvalue weighted by Gasteiger charge is 2.25. The van der Waals surface area contributed by atoms with E-state index in [1.807, 2.05) is 4.52 Å². The van der Waals surface area contributed by atoms with E-state index < -0.39 is 0 Å². The molecular weight excluding hydrogens is 338 g/mol. The fraction of sp³-hybridized carbons (Fsp3) is 0.667. The number of fused-ring (bicyclic) bond motifs is 1. The van der Waals surface area contributed by atoms with Crippen LogP contribution in [-0.2, 0) is 11.2 Å². The van der Waals surface area contributed by atoms with Gasteiger partial charge in [0.1, 0.15) is 5.82 Å². The van der Waals surface area contributed by atoms with Crippen LogP contribution in [0.4, 0.5) is 5.82 Å². The Hall–Kier alpha value is -2.11. The van der Waals surface area contributed by atoms with Crippen LogP contribution in [-0.4, -0.2) is 51.6 Å². The zero-order valence-corrected chi connectivity index (χ0v) is 16.9. The number of carbonyl (C=O) groups is 1. The van der Waals surface area contributed by atoms with Crippen molar-refractivity contribution in [2.45, 2.75) is 59.3 Å². The SMILES string of the molecule is CCc1cc(N2CCC(CCN3CCCC3=O)CC2)n2nc(C)c(C)c2n1. The lowest BCUT2D eigenvalue weighted by molar-refractivity contribution is -0.127. The van der Waals surface area contributed by atoms with Gasteiger partial charge in [0.25, 0.3) is 0 Å². The van der Waals surface area contributed by atoms with Crippen LogP contribution in [0.5, 0.6) is 0 Å². The summed E-state index contributed by atoms with van der Waals surface area (Å²) in [5.41, 5.74) is 4.37. The Balaban J connectivity index is 1.45. The number of likely N-dealkylation sites (tertiary alicyclic amines) is 1. The summed E-state index contributed by atoms with van der Waals surface area (Å²) in [5.74, 6) is 2.25. The van der Waals surface area contributed by atoms with Gasteiger partial charge in [0.2, 0.25) is 5.91 Å². The van der Waals surface area contributed by atoms with Crippen LogP contribution in [0, 0.1) is 19.8 Å². The van der Waals surface area contributed by atoms with E-state index in [2.05, 4.69) is 36.6 Å². The van der Waals surface area contributed by atoms with Crippen LogP contribution in [0.15, 0.2) is 6.07 Å². The van der Waals surface area contributed by atoms with Crippen LogP contribution in [0.3, 0.4) is 0 Å². The predicted octanol–water partition coefficient (Wildman–Crippen LogP) is 3.14. The molecule has 2 aliphatic heterocycles. The monoisotopic (exact) mass is 369 g/mol. The molecule has 0 saturated carbocycles. The molecule has 2 aromatic rings. The largest absolute Gasteiger partial charge is 0.356 e. The molecule has 4 rings (SSSR count). The van der Waals surface area contributed by atoms with Gasteiger partial charge in [-0.15, -0.1) is 0 Å². The van der Waals surface area contributed by atoms with Crippen molar-refractivity contribution in [1.82, 2.24) is 19.5 Å². The maximum atomic E-state index is 11.8. The van der Waals surface area contributed by atoms with E-state index in [4.69, 9.17) is 10.1 Å². The highest BCUT2D eigenvalue weighted by molar-refractivity contribution is 5.78. The number of hydrogen-bond acceptors (Lipinski definition) is 4. The first-order chi connectivity index (χ1) is 13.1. The quantitative estimate of drug-likeness (QED) is 0.812. The van der Waals surface area contributed by atoms with E-state index in [-0.39, 0.29) is 0 Å². The lowest BCUT2D eigenvalue weighted by Crippen LogP contribution is -2.36. The average molecular weight is 370 g/mol. The number of hydrogen-bond donors (Lipinski definition) is 0. The number of piperidine rings is 1. The molecule has 0 unspecified atom stereocenters. The third kappa shape index (κ3) is 3.54. The third-order valence-corrected chi connectivity index (χ3v) is 6.37. The molecule has 0 aromatic carbocycles. The van der Waals surface area contributed by atoms with Crippen molar-refractivity contribution in [1.29, 1.82) is 0 Å². The minimum absolute atomic E-state index is 0.350. The van der Waals surface area contributed by atoms with Gasteiger partial charge >= 0.3 is 0 Å². The van der Waals surface area contributed by atoms with E-state index in [1.54, 1.807) is 0 Å². The van der Waals surface area contributed by atoms with Gasteiger partial charge in [-0.1, -0.05) is 6.92 Å². The van der Waals surface area contributed by atoms with Crippen molar-refractivity contribution >= 4 is 17.4 Å². The van der Waals surface area contributed by atoms with Crippen LogP contribution >= 0.6 is 0 Å². The number of amides is 1. The summed E-state index contributed by atoms with van der Waals surface area (Å²) in [4.78, 5) is 21.1. The zero-order valence-electron chi connectivity index (χ0n) is 16.9. The van der Waals surface area contributed by atoms with Gasteiger partial charge in [-0.2, -0.15) is 9.61 Å². The molecule has 2 aliphatic rings. The molecule has 2 fully saturated rings. The topological polar surface area (TPSA) is 53.7 Å². The third-order valence-electron chi connectivity index (χ3n) is 6.37. The lowest BCUT2D eigenvalue weighted by Gasteiger charge is -2.34. The predicted molar refractivity (Wildman–Crippen MR) is 107 cm³/mol. The van der Waals surface area contributed by atoms with Gasteiger partial charge < -0.3 is 9.80 Å². The van der Waals surface area contributed by atoms with Crippen molar-refractivity contribution < 1.29 is 4.79 Å². The summed E-state index contributed by atoms with van der Waals surface area (Å²) < 4.78 is 2.03. The lowest BCUT2D eigenvalue weighted by atomic mass is 9.93.